The van der Waals surface area contributed by atoms with Crippen molar-refractivity contribution in [3.63, 3.8) is 0 Å². The Bertz CT molecular complexity index is 450. The predicted octanol–water partition coefficient (Wildman–Crippen LogP) is 2.38. The van der Waals surface area contributed by atoms with Crippen molar-refractivity contribution in [2.75, 3.05) is 13.1 Å². The molecule has 5 heteroatoms. The summed E-state index contributed by atoms with van der Waals surface area (Å²) in [7, 11) is 0. The summed E-state index contributed by atoms with van der Waals surface area (Å²) in [6.07, 6.45) is 2.73. The molecule has 0 aromatic heterocycles. The lowest BCUT2D eigenvalue weighted by Gasteiger charge is -2.30. The molecule has 0 unspecified atom stereocenters. The average molecular weight is 293 g/mol. The van der Waals surface area contributed by atoms with Crippen LogP contribution in [0.5, 0.6) is 0 Å². The van der Waals surface area contributed by atoms with Gasteiger partial charge >= 0.3 is 11.9 Å². The number of carboxylic acid groups (broad SMARTS) is 2. The Morgan fingerprint density at radius 1 is 1.10 bits per heavy atom. The molecule has 1 aromatic carbocycles. The van der Waals surface area contributed by atoms with Crippen LogP contribution in [-0.4, -0.2) is 40.1 Å². The van der Waals surface area contributed by atoms with Crippen molar-refractivity contribution in [1.82, 2.24) is 4.90 Å². The highest BCUT2D eigenvalue weighted by atomic mass is 16.4. The molecule has 0 amide bonds. The van der Waals surface area contributed by atoms with Gasteiger partial charge in [0.05, 0.1) is 0 Å². The highest BCUT2D eigenvalue weighted by molar-refractivity contribution is 6.27. The van der Waals surface area contributed by atoms with Gasteiger partial charge in [0.25, 0.3) is 0 Å². The second kappa shape index (κ2) is 8.42. The highest BCUT2D eigenvalue weighted by Gasteiger charge is 2.15. The lowest BCUT2D eigenvalue weighted by Crippen LogP contribution is -2.32. The quantitative estimate of drug-likeness (QED) is 0.819. The van der Waals surface area contributed by atoms with Gasteiger partial charge in [0.15, 0.2) is 0 Å². The predicted molar refractivity (Wildman–Crippen MR) is 80.1 cm³/mol. The van der Waals surface area contributed by atoms with Crippen molar-refractivity contribution in [1.29, 1.82) is 0 Å². The highest BCUT2D eigenvalue weighted by Crippen LogP contribution is 2.18. The van der Waals surface area contributed by atoms with E-state index in [0.717, 1.165) is 12.5 Å². The Labute approximate surface area is 125 Å². The minimum atomic E-state index is -1.82. The average Bonchev–Trinajstić information content (AvgIpc) is 2.44. The van der Waals surface area contributed by atoms with Crippen LogP contribution in [0, 0.1) is 12.8 Å². The number of carboxylic acids is 2. The van der Waals surface area contributed by atoms with Crippen molar-refractivity contribution in [2.45, 2.75) is 33.2 Å². The first-order chi connectivity index (χ1) is 9.88. The van der Waals surface area contributed by atoms with Crippen molar-refractivity contribution in [2.24, 2.45) is 5.92 Å². The fourth-order valence-electron chi connectivity index (χ4n) is 2.17. The summed E-state index contributed by atoms with van der Waals surface area (Å²) in [5.41, 5.74) is 2.81. The van der Waals surface area contributed by atoms with Crippen LogP contribution in [0.3, 0.4) is 0 Å². The molecule has 1 saturated heterocycles. The molecule has 1 fully saturated rings. The van der Waals surface area contributed by atoms with Gasteiger partial charge in [-0.15, -0.1) is 0 Å². The summed E-state index contributed by atoms with van der Waals surface area (Å²) in [6, 6.07) is 8.94. The number of aliphatic carboxylic acids is 2. The normalized spacial score (nSPS) is 15.9. The Morgan fingerprint density at radius 2 is 1.57 bits per heavy atom. The third kappa shape index (κ3) is 6.90. The summed E-state index contributed by atoms with van der Waals surface area (Å²) in [6.45, 7) is 8.19. The van der Waals surface area contributed by atoms with Crippen LogP contribution in [0.1, 0.15) is 30.9 Å². The minimum absolute atomic E-state index is 0.930. The van der Waals surface area contributed by atoms with Crippen molar-refractivity contribution >= 4 is 11.9 Å². The molecule has 1 aliphatic heterocycles. The molecule has 1 aliphatic rings. The number of carbonyl (C=O) groups is 2. The van der Waals surface area contributed by atoms with Crippen molar-refractivity contribution in [3.05, 3.63) is 35.4 Å². The molecule has 21 heavy (non-hydrogen) atoms. The second-order valence-corrected chi connectivity index (χ2v) is 5.55. The lowest BCUT2D eigenvalue weighted by molar-refractivity contribution is -0.159. The summed E-state index contributed by atoms with van der Waals surface area (Å²) >= 11 is 0. The first-order valence-electron chi connectivity index (χ1n) is 7.12. The molecule has 0 spiro atoms. The molecule has 116 valence electrons. The van der Waals surface area contributed by atoms with Gasteiger partial charge in [0.2, 0.25) is 0 Å². The molecular formula is C16H23NO4. The number of rotatable bonds is 2. The lowest BCUT2D eigenvalue weighted by atomic mass is 9.99. The van der Waals surface area contributed by atoms with Gasteiger partial charge in [0.1, 0.15) is 0 Å². The van der Waals surface area contributed by atoms with Crippen LogP contribution < -0.4 is 0 Å². The van der Waals surface area contributed by atoms with E-state index in [0.29, 0.717) is 0 Å². The SMILES string of the molecule is Cc1ccc(CN2CCC(C)CC2)cc1.O=C(O)C(=O)O. The molecule has 2 rings (SSSR count). The summed E-state index contributed by atoms with van der Waals surface area (Å²) < 4.78 is 0. The number of aryl methyl sites for hydroxylation is 1. The van der Waals surface area contributed by atoms with E-state index in [1.54, 1.807) is 0 Å². The summed E-state index contributed by atoms with van der Waals surface area (Å²) in [5.74, 6) is -2.72. The number of benzene rings is 1. The van der Waals surface area contributed by atoms with E-state index in [4.69, 9.17) is 19.8 Å². The Kier molecular flexibility index (Phi) is 6.88. The first kappa shape index (κ1) is 17.2. The number of hydrogen-bond acceptors (Lipinski definition) is 3. The third-order valence-electron chi connectivity index (χ3n) is 3.59. The van der Waals surface area contributed by atoms with Gasteiger partial charge in [-0.2, -0.15) is 0 Å². The molecular weight excluding hydrogens is 270 g/mol. The minimum Gasteiger partial charge on any atom is -0.473 e. The van der Waals surface area contributed by atoms with Gasteiger partial charge in [-0.3, -0.25) is 4.90 Å². The number of nitrogens with zero attached hydrogens (tertiary/aromatic N) is 1. The summed E-state index contributed by atoms with van der Waals surface area (Å²) in [5, 5.41) is 14.8. The molecule has 0 saturated carbocycles. The smallest absolute Gasteiger partial charge is 0.414 e. The number of likely N-dealkylation sites (tertiary alicyclic amines) is 1. The molecule has 5 nitrogen and oxygen atoms in total. The van der Waals surface area contributed by atoms with E-state index in [2.05, 4.69) is 43.0 Å². The van der Waals surface area contributed by atoms with Crippen LogP contribution in [0.15, 0.2) is 24.3 Å². The Hall–Kier alpha value is -1.88. The van der Waals surface area contributed by atoms with Gasteiger partial charge in [-0.05, 0) is 44.3 Å². The van der Waals surface area contributed by atoms with Gasteiger partial charge in [0, 0.05) is 6.54 Å². The number of piperidine rings is 1. The zero-order chi connectivity index (χ0) is 15.8. The zero-order valence-corrected chi connectivity index (χ0v) is 12.6. The van der Waals surface area contributed by atoms with Gasteiger partial charge < -0.3 is 10.2 Å². The van der Waals surface area contributed by atoms with E-state index < -0.39 is 11.9 Å². The third-order valence-corrected chi connectivity index (χ3v) is 3.59. The zero-order valence-electron chi connectivity index (χ0n) is 12.6. The van der Waals surface area contributed by atoms with E-state index in [1.807, 2.05) is 0 Å². The van der Waals surface area contributed by atoms with Crippen LogP contribution in [0.25, 0.3) is 0 Å². The monoisotopic (exact) mass is 293 g/mol. The maximum Gasteiger partial charge on any atom is 0.414 e. The van der Waals surface area contributed by atoms with Crippen LogP contribution in [-0.2, 0) is 16.1 Å². The standard InChI is InChI=1S/C14H21N.C2H2O4/c1-12-3-5-14(6-4-12)11-15-9-7-13(2)8-10-15;3-1(4)2(5)6/h3-6,13H,7-11H2,1-2H3;(H,3,4)(H,5,6). The molecule has 0 radical (unpaired) electrons. The fraction of sp³-hybridized carbons (Fsp3) is 0.500. The van der Waals surface area contributed by atoms with E-state index >= 15 is 0 Å². The first-order valence-corrected chi connectivity index (χ1v) is 7.12. The molecule has 0 atom stereocenters. The van der Waals surface area contributed by atoms with Crippen molar-refractivity contribution < 1.29 is 19.8 Å². The van der Waals surface area contributed by atoms with Gasteiger partial charge in [-0.1, -0.05) is 36.8 Å². The maximum absolute atomic E-state index is 9.10. The van der Waals surface area contributed by atoms with Crippen molar-refractivity contribution in [3.8, 4) is 0 Å². The van der Waals surface area contributed by atoms with Crippen LogP contribution in [0.2, 0.25) is 0 Å². The fourth-order valence-corrected chi connectivity index (χ4v) is 2.17. The summed E-state index contributed by atoms with van der Waals surface area (Å²) in [4.78, 5) is 20.8. The molecule has 1 heterocycles. The van der Waals surface area contributed by atoms with E-state index in [-0.39, 0.29) is 0 Å². The second-order valence-electron chi connectivity index (χ2n) is 5.55. The molecule has 1 aromatic rings. The Morgan fingerprint density at radius 3 is 2.00 bits per heavy atom. The topological polar surface area (TPSA) is 77.8 Å². The number of hydrogen-bond donors (Lipinski definition) is 2. The molecule has 2 N–H and O–H groups in total. The Balaban J connectivity index is 0.000000315. The molecule has 0 aliphatic carbocycles. The van der Waals surface area contributed by atoms with E-state index in [9.17, 15) is 0 Å². The van der Waals surface area contributed by atoms with Gasteiger partial charge in [-0.25, -0.2) is 9.59 Å². The molecule has 0 bridgehead atoms. The van der Waals surface area contributed by atoms with Crippen LogP contribution in [0.4, 0.5) is 0 Å². The maximum atomic E-state index is 9.10. The van der Waals surface area contributed by atoms with Crippen LogP contribution >= 0.6 is 0 Å². The van der Waals surface area contributed by atoms with E-state index in [1.165, 1.54) is 37.1 Å². The largest absolute Gasteiger partial charge is 0.473 e.